The summed E-state index contributed by atoms with van der Waals surface area (Å²) in [5, 5.41) is 0. The number of nitrogens with zero attached hydrogens (tertiary/aromatic N) is 1. The van der Waals surface area contributed by atoms with Crippen LogP contribution in [0.15, 0.2) is 23.2 Å². The van der Waals surface area contributed by atoms with Crippen LogP contribution in [0.5, 0.6) is 0 Å². The zero-order valence-corrected chi connectivity index (χ0v) is 10.9. The third-order valence-electron chi connectivity index (χ3n) is 1.96. The highest BCUT2D eigenvalue weighted by molar-refractivity contribution is 7.89. The van der Waals surface area contributed by atoms with Crippen molar-refractivity contribution in [2.75, 3.05) is 6.54 Å². The summed E-state index contributed by atoms with van der Waals surface area (Å²) in [4.78, 5) is 14.3. The molecular weight excluding hydrogens is 276 g/mol. The summed E-state index contributed by atoms with van der Waals surface area (Å²) >= 11 is 4.70. The molecule has 0 fully saturated rings. The molecule has 0 atom stereocenters. The second kappa shape index (κ2) is 5.85. The molecule has 0 aliphatic carbocycles. The van der Waals surface area contributed by atoms with Crippen molar-refractivity contribution < 1.29 is 13.2 Å². The molecule has 1 rings (SSSR count). The van der Waals surface area contributed by atoms with E-state index in [1.165, 1.54) is 12.1 Å². The van der Waals surface area contributed by atoms with Crippen molar-refractivity contribution in [1.29, 1.82) is 0 Å². The number of nitrogens with two attached hydrogens (primary N) is 2. The Bertz CT molecular complexity index is 554. The van der Waals surface area contributed by atoms with E-state index < -0.39 is 15.9 Å². The minimum Gasteiger partial charge on any atom is -0.388 e. The summed E-state index contributed by atoms with van der Waals surface area (Å²) in [6, 6.07) is 2.74. The topological polar surface area (TPSA) is 128 Å². The maximum Gasteiger partial charge on any atom is 0.242 e. The number of aromatic nitrogens is 1. The van der Waals surface area contributed by atoms with Crippen molar-refractivity contribution in [2.24, 2.45) is 11.5 Å². The van der Waals surface area contributed by atoms with E-state index in [1.54, 1.807) is 0 Å². The van der Waals surface area contributed by atoms with Crippen molar-refractivity contribution in [3.05, 3.63) is 24.0 Å². The molecule has 1 heterocycles. The van der Waals surface area contributed by atoms with Gasteiger partial charge in [0.1, 0.15) is 9.88 Å². The third kappa shape index (κ3) is 4.02. The predicted molar refractivity (Wildman–Crippen MR) is 69.1 cm³/mol. The number of carbonyl (C=O) groups excluding carboxylic acids is 1. The first kappa shape index (κ1) is 14.5. The summed E-state index contributed by atoms with van der Waals surface area (Å²) < 4.78 is 25.7. The Kier molecular flexibility index (Phi) is 4.70. The summed E-state index contributed by atoms with van der Waals surface area (Å²) in [5.74, 6) is -0.584. The molecule has 0 aromatic carbocycles. The molecule has 0 aliphatic heterocycles. The van der Waals surface area contributed by atoms with Crippen LogP contribution >= 0.6 is 12.2 Å². The van der Waals surface area contributed by atoms with E-state index in [0.29, 0.717) is 5.69 Å². The number of sulfonamides is 1. The first-order valence-corrected chi connectivity index (χ1v) is 6.76. The molecule has 98 valence electrons. The highest BCUT2D eigenvalue weighted by atomic mass is 32.2. The molecule has 9 heteroatoms. The van der Waals surface area contributed by atoms with E-state index in [-0.39, 0.29) is 22.8 Å². The molecular formula is C9H12N4O3S2. The number of carbonyl (C=O) groups is 1. The summed E-state index contributed by atoms with van der Waals surface area (Å²) in [6.07, 6.45) is 1.07. The van der Waals surface area contributed by atoms with Crippen molar-refractivity contribution in [1.82, 2.24) is 9.71 Å². The maximum absolute atomic E-state index is 11.7. The van der Waals surface area contributed by atoms with Gasteiger partial charge in [-0.2, -0.15) is 0 Å². The van der Waals surface area contributed by atoms with Gasteiger partial charge >= 0.3 is 0 Å². The lowest BCUT2D eigenvalue weighted by atomic mass is 10.3. The molecule has 0 saturated heterocycles. The van der Waals surface area contributed by atoms with E-state index in [0.717, 1.165) is 6.20 Å². The number of hydrogen-bond donors (Lipinski definition) is 3. The smallest absolute Gasteiger partial charge is 0.242 e. The molecule has 1 aromatic heterocycles. The summed E-state index contributed by atoms with van der Waals surface area (Å²) in [6.45, 7) is -0.0608. The average molecular weight is 288 g/mol. The second-order valence-electron chi connectivity index (χ2n) is 3.36. The van der Waals surface area contributed by atoms with E-state index in [1.807, 2.05) is 0 Å². The first-order chi connectivity index (χ1) is 8.33. The number of pyridine rings is 1. The van der Waals surface area contributed by atoms with Crippen LogP contribution in [0.1, 0.15) is 12.1 Å². The lowest BCUT2D eigenvalue weighted by molar-refractivity contribution is -0.117. The number of primary amides is 1. The molecule has 7 nitrogen and oxygen atoms in total. The van der Waals surface area contributed by atoms with Gasteiger partial charge < -0.3 is 11.5 Å². The van der Waals surface area contributed by atoms with Crippen LogP contribution < -0.4 is 16.2 Å². The highest BCUT2D eigenvalue weighted by Crippen LogP contribution is 2.07. The Hall–Kier alpha value is -1.58. The predicted octanol–water partition coefficient (Wildman–Crippen LogP) is -1.13. The van der Waals surface area contributed by atoms with Crippen LogP contribution in [0.25, 0.3) is 0 Å². The monoisotopic (exact) mass is 288 g/mol. The zero-order chi connectivity index (χ0) is 13.8. The lowest BCUT2D eigenvalue weighted by Crippen LogP contribution is -2.28. The number of hydrogen-bond acceptors (Lipinski definition) is 5. The van der Waals surface area contributed by atoms with E-state index in [2.05, 4.69) is 9.71 Å². The van der Waals surface area contributed by atoms with Crippen LogP contribution in [-0.2, 0) is 14.8 Å². The quantitative estimate of drug-likeness (QED) is 0.568. The molecule has 0 saturated carbocycles. The molecule has 0 aliphatic rings. The fourth-order valence-corrected chi connectivity index (χ4v) is 2.17. The molecule has 0 bridgehead atoms. The number of rotatable bonds is 6. The first-order valence-electron chi connectivity index (χ1n) is 4.87. The van der Waals surface area contributed by atoms with Gasteiger partial charge in [-0.25, -0.2) is 13.1 Å². The van der Waals surface area contributed by atoms with Gasteiger partial charge in [-0.3, -0.25) is 9.78 Å². The van der Waals surface area contributed by atoms with Gasteiger partial charge in [0.2, 0.25) is 15.9 Å². The highest BCUT2D eigenvalue weighted by Gasteiger charge is 2.14. The molecule has 0 spiro atoms. The zero-order valence-electron chi connectivity index (χ0n) is 9.29. The Labute approximate surface area is 110 Å². The Balaban J connectivity index is 2.79. The van der Waals surface area contributed by atoms with Gasteiger partial charge in [0, 0.05) is 19.2 Å². The van der Waals surface area contributed by atoms with E-state index >= 15 is 0 Å². The third-order valence-corrected chi connectivity index (χ3v) is 3.62. The summed E-state index contributed by atoms with van der Waals surface area (Å²) in [5.41, 5.74) is 10.6. The number of thiocarbonyl (C=S) groups is 1. The number of nitrogens with one attached hydrogen (secondary N) is 1. The molecule has 1 amide bonds. The van der Waals surface area contributed by atoms with Gasteiger partial charge in [0.05, 0.1) is 5.69 Å². The van der Waals surface area contributed by atoms with E-state index in [9.17, 15) is 13.2 Å². The Morgan fingerprint density at radius 3 is 2.50 bits per heavy atom. The molecule has 0 unspecified atom stereocenters. The molecule has 0 radical (unpaired) electrons. The molecule has 18 heavy (non-hydrogen) atoms. The minimum absolute atomic E-state index is 0.0352. The van der Waals surface area contributed by atoms with Crippen molar-refractivity contribution in [3.8, 4) is 0 Å². The second-order valence-corrected chi connectivity index (χ2v) is 5.56. The summed E-state index contributed by atoms with van der Waals surface area (Å²) in [7, 11) is -3.70. The Morgan fingerprint density at radius 1 is 1.39 bits per heavy atom. The van der Waals surface area contributed by atoms with Crippen LogP contribution in [0, 0.1) is 0 Å². The van der Waals surface area contributed by atoms with E-state index in [4.69, 9.17) is 23.7 Å². The van der Waals surface area contributed by atoms with Gasteiger partial charge in [0.25, 0.3) is 0 Å². The van der Waals surface area contributed by atoms with Crippen molar-refractivity contribution >= 4 is 33.1 Å². The maximum atomic E-state index is 11.7. The van der Waals surface area contributed by atoms with Crippen molar-refractivity contribution in [3.63, 3.8) is 0 Å². The minimum atomic E-state index is -3.70. The van der Waals surface area contributed by atoms with Gasteiger partial charge in [-0.05, 0) is 12.1 Å². The molecule has 1 aromatic rings. The fourth-order valence-electron chi connectivity index (χ4n) is 1.08. The van der Waals surface area contributed by atoms with Crippen LogP contribution in [0.4, 0.5) is 0 Å². The Morgan fingerprint density at radius 2 is 2.06 bits per heavy atom. The van der Waals surface area contributed by atoms with Crippen LogP contribution in [0.2, 0.25) is 0 Å². The van der Waals surface area contributed by atoms with Gasteiger partial charge in [-0.1, -0.05) is 12.2 Å². The average Bonchev–Trinajstić information content (AvgIpc) is 2.28. The largest absolute Gasteiger partial charge is 0.388 e. The fraction of sp³-hybridized carbons (Fsp3) is 0.222. The van der Waals surface area contributed by atoms with Gasteiger partial charge in [0.15, 0.2) is 0 Å². The van der Waals surface area contributed by atoms with Crippen LogP contribution in [0.3, 0.4) is 0 Å². The van der Waals surface area contributed by atoms with Gasteiger partial charge in [-0.15, -0.1) is 0 Å². The normalized spacial score (nSPS) is 11.1. The SMILES string of the molecule is NC(=O)CCNS(=O)(=O)c1ccc(C(N)=S)nc1. The van der Waals surface area contributed by atoms with Crippen molar-refractivity contribution in [2.45, 2.75) is 11.3 Å². The number of amides is 1. The standard InChI is InChI=1S/C9H12N4O3S2/c10-8(14)3-4-13-18(15,16)6-1-2-7(9(11)17)12-5-6/h1-2,5,13H,3-4H2,(H2,10,14)(H2,11,17). The molecule has 5 N–H and O–H groups in total. The van der Waals surface area contributed by atoms with Crippen LogP contribution in [-0.4, -0.2) is 30.8 Å². The lowest BCUT2D eigenvalue weighted by Gasteiger charge is -2.05.